The van der Waals surface area contributed by atoms with Crippen LogP contribution in [0.25, 0.3) is 0 Å². The van der Waals surface area contributed by atoms with Crippen LogP contribution in [0.4, 0.5) is 4.39 Å². The number of likely N-dealkylation sites (tertiary alicyclic amines) is 1. The summed E-state index contributed by atoms with van der Waals surface area (Å²) in [4.78, 5) is 2.10. The third-order valence-corrected chi connectivity index (χ3v) is 3.22. The van der Waals surface area contributed by atoms with E-state index in [1.54, 1.807) is 12.1 Å². The van der Waals surface area contributed by atoms with E-state index in [2.05, 4.69) is 4.90 Å². The second kappa shape index (κ2) is 5.58. The van der Waals surface area contributed by atoms with Gasteiger partial charge >= 0.3 is 0 Å². The Morgan fingerprint density at radius 3 is 2.71 bits per heavy atom. The minimum atomic E-state index is -0.666. The van der Waals surface area contributed by atoms with Gasteiger partial charge in [-0.2, -0.15) is 0 Å². The molecule has 0 amide bonds. The second-order valence-corrected chi connectivity index (χ2v) is 4.60. The molecule has 1 fully saturated rings. The maximum Gasteiger partial charge on any atom is 0.123 e. The largest absolute Gasteiger partial charge is 0.393 e. The standard InChI is InChI=1S/C13H18FNO2/c14-11-3-1-2-10(8-11)13(17)9-15-6-4-12(16)5-7-15/h1-3,8,12-13,16-17H,4-7,9H2. The van der Waals surface area contributed by atoms with Gasteiger partial charge in [0.25, 0.3) is 0 Å². The summed E-state index contributed by atoms with van der Waals surface area (Å²) in [6.07, 6.45) is 0.615. The number of halogens is 1. The van der Waals surface area contributed by atoms with E-state index in [4.69, 9.17) is 0 Å². The summed E-state index contributed by atoms with van der Waals surface area (Å²) in [6.45, 7) is 2.07. The van der Waals surface area contributed by atoms with Crippen LogP contribution < -0.4 is 0 Å². The van der Waals surface area contributed by atoms with Gasteiger partial charge in [-0.25, -0.2) is 4.39 Å². The summed E-state index contributed by atoms with van der Waals surface area (Å²) in [6, 6.07) is 6.07. The highest BCUT2D eigenvalue weighted by Gasteiger charge is 2.20. The first kappa shape index (κ1) is 12.5. The van der Waals surface area contributed by atoms with Crippen LogP contribution in [0.1, 0.15) is 24.5 Å². The van der Waals surface area contributed by atoms with Gasteiger partial charge in [0.15, 0.2) is 0 Å². The molecule has 1 atom stereocenters. The Balaban J connectivity index is 1.90. The van der Waals surface area contributed by atoms with Crippen molar-refractivity contribution in [3.63, 3.8) is 0 Å². The van der Waals surface area contributed by atoms with Gasteiger partial charge in [0.2, 0.25) is 0 Å². The molecule has 94 valence electrons. The molecule has 0 aromatic heterocycles. The molecule has 0 saturated carbocycles. The van der Waals surface area contributed by atoms with Crippen LogP contribution in [0.5, 0.6) is 0 Å². The highest BCUT2D eigenvalue weighted by molar-refractivity contribution is 5.19. The lowest BCUT2D eigenvalue weighted by Gasteiger charge is -2.31. The quantitative estimate of drug-likeness (QED) is 0.836. The molecule has 1 aromatic rings. The van der Waals surface area contributed by atoms with Gasteiger partial charge in [-0.15, -0.1) is 0 Å². The normalized spacial score (nSPS) is 20.4. The van der Waals surface area contributed by atoms with E-state index < -0.39 is 6.10 Å². The average molecular weight is 239 g/mol. The first-order valence-electron chi connectivity index (χ1n) is 5.99. The van der Waals surface area contributed by atoms with Crippen molar-refractivity contribution < 1.29 is 14.6 Å². The maximum atomic E-state index is 13.0. The van der Waals surface area contributed by atoms with Crippen molar-refractivity contribution in [3.8, 4) is 0 Å². The van der Waals surface area contributed by atoms with E-state index >= 15 is 0 Å². The summed E-state index contributed by atoms with van der Waals surface area (Å²) in [5, 5.41) is 19.4. The predicted molar refractivity (Wildman–Crippen MR) is 63.0 cm³/mol. The Morgan fingerprint density at radius 2 is 2.06 bits per heavy atom. The third kappa shape index (κ3) is 3.49. The summed E-state index contributed by atoms with van der Waals surface area (Å²) in [5.74, 6) is -0.324. The van der Waals surface area contributed by atoms with Crippen LogP contribution >= 0.6 is 0 Å². The van der Waals surface area contributed by atoms with E-state index in [1.165, 1.54) is 12.1 Å². The fraction of sp³-hybridized carbons (Fsp3) is 0.538. The van der Waals surface area contributed by atoms with Crippen molar-refractivity contribution in [1.29, 1.82) is 0 Å². The maximum absolute atomic E-state index is 13.0. The number of piperidine rings is 1. The zero-order valence-electron chi connectivity index (χ0n) is 9.72. The zero-order chi connectivity index (χ0) is 12.3. The summed E-state index contributed by atoms with van der Waals surface area (Å²) >= 11 is 0. The zero-order valence-corrected chi connectivity index (χ0v) is 9.72. The molecule has 2 rings (SSSR count). The molecule has 3 nitrogen and oxygen atoms in total. The van der Waals surface area contributed by atoms with Crippen LogP contribution in [0.3, 0.4) is 0 Å². The van der Waals surface area contributed by atoms with Crippen LogP contribution in [0.2, 0.25) is 0 Å². The highest BCUT2D eigenvalue weighted by atomic mass is 19.1. The Bertz CT molecular complexity index is 364. The highest BCUT2D eigenvalue weighted by Crippen LogP contribution is 2.18. The molecule has 1 heterocycles. The molecule has 2 N–H and O–H groups in total. The minimum Gasteiger partial charge on any atom is -0.393 e. The van der Waals surface area contributed by atoms with Crippen LogP contribution in [-0.2, 0) is 0 Å². The number of hydrogen-bond acceptors (Lipinski definition) is 3. The molecular weight excluding hydrogens is 221 g/mol. The van der Waals surface area contributed by atoms with E-state index in [9.17, 15) is 14.6 Å². The molecular formula is C13H18FNO2. The van der Waals surface area contributed by atoms with Crippen LogP contribution in [0.15, 0.2) is 24.3 Å². The first-order valence-corrected chi connectivity index (χ1v) is 5.99. The van der Waals surface area contributed by atoms with Crippen molar-refractivity contribution in [1.82, 2.24) is 4.90 Å². The molecule has 4 heteroatoms. The number of aliphatic hydroxyl groups is 2. The fourth-order valence-corrected chi connectivity index (χ4v) is 2.17. The second-order valence-electron chi connectivity index (χ2n) is 4.60. The average Bonchev–Trinajstić information content (AvgIpc) is 2.32. The number of β-amino-alcohol motifs (C(OH)–C–C–N with tert-alkyl or cyclic N) is 1. The Morgan fingerprint density at radius 1 is 1.35 bits per heavy atom. The molecule has 1 aromatic carbocycles. The van der Waals surface area contributed by atoms with Crippen LogP contribution in [-0.4, -0.2) is 40.9 Å². The lowest BCUT2D eigenvalue weighted by molar-refractivity contribution is 0.0507. The van der Waals surface area contributed by atoms with E-state index in [-0.39, 0.29) is 11.9 Å². The molecule has 0 spiro atoms. The van der Waals surface area contributed by atoms with Gasteiger partial charge in [0.1, 0.15) is 5.82 Å². The molecule has 17 heavy (non-hydrogen) atoms. The molecule has 0 radical (unpaired) electrons. The molecule has 1 unspecified atom stereocenters. The van der Waals surface area contributed by atoms with Gasteiger partial charge in [0.05, 0.1) is 12.2 Å². The monoisotopic (exact) mass is 239 g/mol. The van der Waals surface area contributed by atoms with Crippen molar-refractivity contribution in [3.05, 3.63) is 35.6 Å². The molecule has 1 aliphatic rings. The summed E-state index contributed by atoms with van der Waals surface area (Å²) in [5.41, 5.74) is 0.608. The van der Waals surface area contributed by atoms with Gasteiger partial charge in [-0.3, -0.25) is 0 Å². The molecule has 0 aliphatic carbocycles. The van der Waals surface area contributed by atoms with Crippen LogP contribution in [0, 0.1) is 5.82 Å². The number of hydrogen-bond donors (Lipinski definition) is 2. The Labute approximate surface area is 100 Å². The topological polar surface area (TPSA) is 43.7 Å². The number of aliphatic hydroxyl groups excluding tert-OH is 2. The lowest BCUT2D eigenvalue weighted by Crippen LogP contribution is -2.38. The van der Waals surface area contributed by atoms with Gasteiger partial charge in [-0.05, 0) is 30.5 Å². The van der Waals surface area contributed by atoms with E-state index in [0.29, 0.717) is 12.1 Å². The third-order valence-electron chi connectivity index (χ3n) is 3.22. The smallest absolute Gasteiger partial charge is 0.123 e. The van der Waals surface area contributed by atoms with Crippen molar-refractivity contribution in [2.75, 3.05) is 19.6 Å². The fourth-order valence-electron chi connectivity index (χ4n) is 2.17. The minimum absolute atomic E-state index is 0.211. The first-order chi connectivity index (χ1) is 8.15. The van der Waals surface area contributed by atoms with Crippen molar-refractivity contribution >= 4 is 0 Å². The summed E-state index contributed by atoms with van der Waals surface area (Å²) < 4.78 is 13.0. The van der Waals surface area contributed by atoms with E-state index in [1.807, 2.05) is 0 Å². The van der Waals surface area contributed by atoms with Gasteiger partial charge in [-0.1, -0.05) is 12.1 Å². The van der Waals surface area contributed by atoms with Gasteiger partial charge in [0, 0.05) is 19.6 Å². The lowest BCUT2D eigenvalue weighted by atomic mass is 10.1. The number of nitrogens with zero attached hydrogens (tertiary/aromatic N) is 1. The molecule has 0 bridgehead atoms. The molecule has 1 saturated heterocycles. The predicted octanol–water partition coefficient (Wildman–Crippen LogP) is 1.32. The van der Waals surface area contributed by atoms with E-state index in [0.717, 1.165) is 25.9 Å². The SMILES string of the molecule is OC1CCN(CC(O)c2cccc(F)c2)CC1. The summed E-state index contributed by atoms with van der Waals surface area (Å²) in [7, 11) is 0. The van der Waals surface area contributed by atoms with Gasteiger partial charge < -0.3 is 15.1 Å². The van der Waals surface area contributed by atoms with Crippen molar-refractivity contribution in [2.24, 2.45) is 0 Å². The Kier molecular flexibility index (Phi) is 4.10. The molecule has 1 aliphatic heterocycles. The van der Waals surface area contributed by atoms with Crippen molar-refractivity contribution in [2.45, 2.75) is 25.0 Å². The number of rotatable bonds is 3. The Hall–Kier alpha value is -0.970. The number of benzene rings is 1.